The van der Waals surface area contributed by atoms with Gasteiger partial charge in [-0.25, -0.2) is 0 Å². The van der Waals surface area contributed by atoms with Gasteiger partial charge in [0.2, 0.25) is 0 Å². The van der Waals surface area contributed by atoms with E-state index in [0.29, 0.717) is 10.6 Å². The largest absolute Gasteiger partial charge is 0.345 e. The van der Waals surface area contributed by atoms with Gasteiger partial charge < -0.3 is 5.32 Å². The van der Waals surface area contributed by atoms with Crippen molar-refractivity contribution < 1.29 is 4.79 Å². The average molecular weight is 274 g/mol. The molecular formula is C16H16ClNO. The van der Waals surface area contributed by atoms with Crippen LogP contribution in [-0.4, -0.2) is 5.91 Å². The van der Waals surface area contributed by atoms with Gasteiger partial charge in [0, 0.05) is 0 Å². The van der Waals surface area contributed by atoms with Gasteiger partial charge >= 0.3 is 0 Å². The standard InChI is InChI=1S/C16H16ClNO/c1-11-8-9-14(15(17)10-11)16(19)18-12(2)13-6-4-3-5-7-13/h3-10,12H,1-2H3,(H,18,19)/t12-/m0/s1. The van der Waals surface area contributed by atoms with Gasteiger partial charge in [0.15, 0.2) is 0 Å². The molecule has 1 atom stereocenters. The number of carbonyl (C=O) groups excluding carboxylic acids is 1. The number of carbonyl (C=O) groups is 1. The Morgan fingerprint density at radius 2 is 1.84 bits per heavy atom. The molecule has 2 rings (SSSR count). The molecule has 3 heteroatoms. The average Bonchev–Trinajstić information content (AvgIpc) is 2.39. The molecule has 0 bridgehead atoms. The summed E-state index contributed by atoms with van der Waals surface area (Å²) in [6.07, 6.45) is 0. The Balaban J connectivity index is 2.13. The van der Waals surface area contributed by atoms with Gasteiger partial charge in [0.05, 0.1) is 16.6 Å². The highest BCUT2D eigenvalue weighted by atomic mass is 35.5. The van der Waals surface area contributed by atoms with Crippen molar-refractivity contribution in [3.63, 3.8) is 0 Å². The van der Waals surface area contributed by atoms with Gasteiger partial charge in [-0.05, 0) is 37.1 Å². The molecule has 0 saturated carbocycles. The Hall–Kier alpha value is -1.80. The molecule has 2 aromatic rings. The fourth-order valence-corrected chi connectivity index (χ4v) is 2.22. The van der Waals surface area contributed by atoms with E-state index in [1.54, 1.807) is 12.1 Å². The van der Waals surface area contributed by atoms with E-state index in [1.165, 1.54) is 0 Å². The van der Waals surface area contributed by atoms with Crippen LogP contribution >= 0.6 is 11.6 Å². The maximum absolute atomic E-state index is 12.2. The minimum absolute atomic E-state index is 0.0499. The molecule has 1 amide bonds. The van der Waals surface area contributed by atoms with Crippen molar-refractivity contribution in [1.29, 1.82) is 0 Å². The lowest BCUT2D eigenvalue weighted by atomic mass is 10.1. The highest BCUT2D eigenvalue weighted by Gasteiger charge is 2.13. The van der Waals surface area contributed by atoms with Crippen LogP contribution in [0.1, 0.15) is 34.5 Å². The zero-order chi connectivity index (χ0) is 13.8. The summed E-state index contributed by atoms with van der Waals surface area (Å²) in [6.45, 7) is 3.90. The van der Waals surface area contributed by atoms with Crippen molar-refractivity contribution in [1.82, 2.24) is 5.32 Å². The number of amides is 1. The van der Waals surface area contributed by atoms with Crippen molar-refractivity contribution in [2.45, 2.75) is 19.9 Å². The Bertz CT molecular complexity index is 581. The Labute approximate surface area is 118 Å². The van der Waals surface area contributed by atoms with Crippen LogP contribution in [0.4, 0.5) is 0 Å². The first-order valence-corrected chi connectivity index (χ1v) is 6.57. The number of halogens is 1. The monoisotopic (exact) mass is 273 g/mol. The number of benzene rings is 2. The Kier molecular flexibility index (Phi) is 4.23. The summed E-state index contributed by atoms with van der Waals surface area (Å²) >= 11 is 6.09. The summed E-state index contributed by atoms with van der Waals surface area (Å²) < 4.78 is 0. The Morgan fingerprint density at radius 1 is 1.16 bits per heavy atom. The first kappa shape index (κ1) is 13.6. The van der Waals surface area contributed by atoms with Crippen molar-refractivity contribution in [3.05, 3.63) is 70.2 Å². The van der Waals surface area contributed by atoms with Gasteiger partial charge in [-0.15, -0.1) is 0 Å². The van der Waals surface area contributed by atoms with Crippen LogP contribution in [-0.2, 0) is 0 Å². The topological polar surface area (TPSA) is 29.1 Å². The summed E-state index contributed by atoms with van der Waals surface area (Å²) in [7, 11) is 0. The highest BCUT2D eigenvalue weighted by Crippen LogP contribution is 2.19. The number of aryl methyl sites for hydroxylation is 1. The third-order valence-electron chi connectivity index (χ3n) is 3.02. The second-order valence-electron chi connectivity index (χ2n) is 4.59. The highest BCUT2D eigenvalue weighted by molar-refractivity contribution is 6.33. The van der Waals surface area contributed by atoms with E-state index in [9.17, 15) is 4.79 Å². The van der Waals surface area contributed by atoms with E-state index in [0.717, 1.165) is 11.1 Å². The van der Waals surface area contributed by atoms with Crippen molar-refractivity contribution in [3.8, 4) is 0 Å². The molecule has 0 radical (unpaired) electrons. The van der Waals surface area contributed by atoms with E-state index >= 15 is 0 Å². The third kappa shape index (κ3) is 3.36. The summed E-state index contributed by atoms with van der Waals surface area (Å²) in [6, 6.07) is 15.2. The minimum Gasteiger partial charge on any atom is -0.345 e. The van der Waals surface area contributed by atoms with Crippen molar-refractivity contribution in [2.24, 2.45) is 0 Å². The van der Waals surface area contributed by atoms with Crippen LogP contribution in [0, 0.1) is 6.92 Å². The molecule has 1 N–H and O–H groups in total. The lowest BCUT2D eigenvalue weighted by Gasteiger charge is -2.15. The summed E-state index contributed by atoms with van der Waals surface area (Å²) in [4.78, 5) is 12.2. The molecule has 0 aliphatic rings. The van der Waals surface area contributed by atoms with Gasteiger partial charge in [0.25, 0.3) is 5.91 Å². The van der Waals surface area contributed by atoms with E-state index in [-0.39, 0.29) is 11.9 Å². The lowest BCUT2D eigenvalue weighted by molar-refractivity contribution is 0.0940. The summed E-state index contributed by atoms with van der Waals surface area (Å²) in [5.41, 5.74) is 2.62. The van der Waals surface area contributed by atoms with Crippen LogP contribution in [0.15, 0.2) is 48.5 Å². The number of hydrogen-bond acceptors (Lipinski definition) is 1. The molecule has 0 aromatic heterocycles. The molecule has 19 heavy (non-hydrogen) atoms. The van der Waals surface area contributed by atoms with Crippen LogP contribution < -0.4 is 5.32 Å². The second kappa shape index (κ2) is 5.89. The predicted molar refractivity (Wildman–Crippen MR) is 78.5 cm³/mol. The molecule has 2 nitrogen and oxygen atoms in total. The zero-order valence-corrected chi connectivity index (χ0v) is 11.7. The zero-order valence-electron chi connectivity index (χ0n) is 11.0. The molecule has 0 unspecified atom stereocenters. The smallest absolute Gasteiger partial charge is 0.253 e. The second-order valence-corrected chi connectivity index (χ2v) is 5.00. The quantitative estimate of drug-likeness (QED) is 0.895. The molecule has 0 heterocycles. The number of nitrogens with one attached hydrogen (secondary N) is 1. The summed E-state index contributed by atoms with van der Waals surface area (Å²) in [5.74, 6) is -0.152. The van der Waals surface area contributed by atoms with Gasteiger partial charge in [-0.3, -0.25) is 4.79 Å². The maximum atomic E-state index is 12.2. The molecule has 2 aromatic carbocycles. The van der Waals surface area contributed by atoms with E-state index < -0.39 is 0 Å². The van der Waals surface area contributed by atoms with E-state index in [2.05, 4.69) is 5.32 Å². The van der Waals surface area contributed by atoms with Gasteiger partial charge in [0.1, 0.15) is 0 Å². The molecule has 0 aliphatic heterocycles. The van der Waals surface area contributed by atoms with E-state index in [4.69, 9.17) is 11.6 Å². The molecule has 0 spiro atoms. The Morgan fingerprint density at radius 3 is 2.47 bits per heavy atom. The molecule has 98 valence electrons. The van der Waals surface area contributed by atoms with E-state index in [1.807, 2.05) is 50.2 Å². The molecule has 0 fully saturated rings. The first-order valence-electron chi connectivity index (χ1n) is 6.20. The van der Waals surface area contributed by atoms with Gasteiger partial charge in [-0.1, -0.05) is 48.0 Å². The molecule has 0 saturated heterocycles. The summed E-state index contributed by atoms with van der Waals surface area (Å²) in [5, 5.41) is 3.43. The van der Waals surface area contributed by atoms with Gasteiger partial charge in [-0.2, -0.15) is 0 Å². The number of hydrogen-bond donors (Lipinski definition) is 1. The SMILES string of the molecule is Cc1ccc(C(=O)N[C@@H](C)c2ccccc2)c(Cl)c1. The lowest BCUT2D eigenvalue weighted by Crippen LogP contribution is -2.26. The minimum atomic E-state index is -0.152. The fraction of sp³-hybridized carbons (Fsp3) is 0.188. The predicted octanol–water partition coefficient (Wildman–Crippen LogP) is 4.14. The number of rotatable bonds is 3. The van der Waals surface area contributed by atoms with Crippen LogP contribution in [0.2, 0.25) is 5.02 Å². The van der Waals surface area contributed by atoms with Crippen LogP contribution in [0.25, 0.3) is 0 Å². The molecular weight excluding hydrogens is 258 g/mol. The third-order valence-corrected chi connectivity index (χ3v) is 3.33. The fourth-order valence-electron chi connectivity index (χ4n) is 1.90. The van der Waals surface area contributed by atoms with Crippen LogP contribution in [0.5, 0.6) is 0 Å². The van der Waals surface area contributed by atoms with Crippen LogP contribution in [0.3, 0.4) is 0 Å². The first-order chi connectivity index (χ1) is 9.08. The normalized spacial score (nSPS) is 11.9. The maximum Gasteiger partial charge on any atom is 0.253 e. The van der Waals surface area contributed by atoms with Crippen molar-refractivity contribution in [2.75, 3.05) is 0 Å². The molecule has 0 aliphatic carbocycles. The van der Waals surface area contributed by atoms with Crippen molar-refractivity contribution >= 4 is 17.5 Å².